The van der Waals surface area contributed by atoms with Crippen LogP contribution in [0.15, 0.2) is 24.3 Å². The summed E-state index contributed by atoms with van der Waals surface area (Å²) in [6.07, 6.45) is 0.601. The number of carboxylic acids is 1. The van der Waals surface area contributed by atoms with Gasteiger partial charge in [0, 0.05) is 12.5 Å². The highest BCUT2D eigenvalue weighted by molar-refractivity contribution is 5.66. The van der Waals surface area contributed by atoms with Crippen LogP contribution in [0.1, 0.15) is 49.8 Å². The topological polar surface area (TPSA) is 63.3 Å². The molecule has 0 aliphatic carbocycles. The van der Waals surface area contributed by atoms with Gasteiger partial charge in [0.15, 0.2) is 0 Å². The van der Waals surface area contributed by atoms with Gasteiger partial charge >= 0.3 is 5.97 Å². The van der Waals surface area contributed by atoms with Gasteiger partial charge in [-0.1, -0.05) is 38.1 Å². The third-order valence-corrected chi connectivity index (χ3v) is 2.67. The van der Waals surface area contributed by atoms with Gasteiger partial charge < -0.3 is 10.8 Å². The second-order valence-corrected chi connectivity index (χ2v) is 4.36. The van der Waals surface area contributed by atoms with E-state index in [0.29, 0.717) is 12.3 Å². The Morgan fingerprint density at radius 1 is 1.38 bits per heavy atom. The van der Waals surface area contributed by atoms with Crippen molar-refractivity contribution in [2.75, 3.05) is 0 Å². The monoisotopic (exact) mass is 221 g/mol. The molecule has 0 heterocycles. The zero-order valence-corrected chi connectivity index (χ0v) is 9.81. The molecule has 3 N–H and O–H groups in total. The number of carboxylic acid groups (broad SMARTS) is 1. The summed E-state index contributed by atoms with van der Waals surface area (Å²) in [7, 11) is 0. The van der Waals surface area contributed by atoms with Crippen LogP contribution in [0.25, 0.3) is 0 Å². The molecule has 0 fully saturated rings. The molecule has 1 rings (SSSR count). The van der Waals surface area contributed by atoms with Crippen molar-refractivity contribution in [2.24, 2.45) is 5.73 Å². The number of aliphatic carboxylic acids is 1. The number of hydrogen-bond acceptors (Lipinski definition) is 2. The van der Waals surface area contributed by atoms with E-state index in [4.69, 9.17) is 10.8 Å². The summed E-state index contributed by atoms with van der Waals surface area (Å²) < 4.78 is 0. The van der Waals surface area contributed by atoms with E-state index in [-0.39, 0.29) is 12.5 Å². The molecule has 1 unspecified atom stereocenters. The summed E-state index contributed by atoms with van der Waals surface area (Å²) in [6, 6.07) is 7.88. The highest BCUT2D eigenvalue weighted by Gasteiger charge is 2.09. The van der Waals surface area contributed by atoms with Gasteiger partial charge in [-0.25, -0.2) is 0 Å². The molecule has 0 aliphatic heterocycles. The van der Waals surface area contributed by atoms with E-state index in [9.17, 15) is 4.79 Å². The van der Waals surface area contributed by atoms with Crippen LogP contribution in [0.3, 0.4) is 0 Å². The fraction of sp³-hybridized carbons (Fsp3) is 0.462. The first kappa shape index (κ1) is 12.7. The van der Waals surface area contributed by atoms with E-state index in [2.05, 4.69) is 26.0 Å². The van der Waals surface area contributed by atoms with Gasteiger partial charge in [0.05, 0.1) is 0 Å². The first-order valence-electron chi connectivity index (χ1n) is 5.58. The van der Waals surface area contributed by atoms with Crippen molar-refractivity contribution in [3.63, 3.8) is 0 Å². The van der Waals surface area contributed by atoms with Crippen molar-refractivity contribution >= 4 is 5.97 Å². The molecule has 0 saturated heterocycles. The average Bonchev–Trinajstić information content (AvgIpc) is 2.26. The molecule has 3 nitrogen and oxygen atoms in total. The van der Waals surface area contributed by atoms with Crippen molar-refractivity contribution < 1.29 is 9.90 Å². The predicted octanol–water partition coefficient (Wildman–Crippen LogP) is 2.67. The Bertz CT molecular complexity index is 361. The highest BCUT2D eigenvalue weighted by Crippen LogP contribution is 2.21. The van der Waals surface area contributed by atoms with Crippen LogP contribution in [0.4, 0.5) is 0 Å². The van der Waals surface area contributed by atoms with Crippen LogP contribution in [-0.4, -0.2) is 11.1 Å². The number of benzene rings is 1. The van der Waals surface area contributed by atoms with Crippen molar-refractivity contribution in [2.45, 2.75) is 38.6 Å². The smallest absolute Gasteiger partial charge is 0.303 e. The molecule has 1 aromatic carbocycles. The molecule has 0 aromatic heterocycles. The molecule has 0 radical (unpaired) electrons. The molecule has 0 saturated carbocycles. The van der Waals surface area contributed by atoms with Crippen molar-refractivity contribution in [3.05, 3.63) is 35.4 Å². The van der Waals surface area contributed by atoms with Crippen LogP contribution in [0, 0.1) is 0 Å². The van der Waals surface area contributed by atoms with Crippen LogP contribution in [0.2, 0.25) is 0 Å². The summed E-state index contributed by atoms with van der Waals surface area (Å²) >= 11 is 0. The minimum absolute atomic E-state index is 0.118. The summed E-state index contributed by atoms with van der Waals surface area (Å²) in [6.45, 7) is 4.25. The van der Waals surface area contributed by atoms with Crippen molar-refractivity contribution in [1.82, 2.24) is 0 Å². The maximum absolute atomic E-state index is 10.5. The normalized spacial score (nSPS) is 12.8. The Hall–Kier alpha value is -1.35. The Balaban J connectivity index is 2.71. The maximum Gasteiger partial charge on any atom is 0.303 e. The van der Waals surface area contributed by atoms with Gasteiger partial charge in [-0.05, 0) is 23.5 Å². The van der Waals surface area contributed by atoms with E-state index in [1.807, 2.05) is 12.1 Å². The maximum atomic E-state index is 10.5. The van der Waals surface area contributed by atoms with Gasteiger partial charge in [0.2, 0.25) is 0 Å². The largest absolute Gasteiger partial charge is 0.481 e. The summed E-state index contributed by atoms with van der Waals surface area (Å²) in [5.74, 6) is -0.331. The molecule has 88 valence electrons. The van der Waals surface area contributed by atoms with Gasteiger partial charge in [0.25, 0.3) is 0 Å². The van der Waals surface area contributed by atoms with Gasteiger partial charge in [0.1, 0.15) is 0 Å². The van der Waals surface area contributed by atoms with Gasteiger partial charge in [-0.15, -0.1) is 0 Å². The number of rotatable bonds is 5. The minimum atomic E-state index is -0.796. The minimum Gasteiger partial charge on any atom is -0.481 e. The first-order valence-corrected chi connectivity index (χ1v) is 5.58. The van der Waals surface area contributed by atoms with E-state index in [1.54, 1.807) is 0 Å². The van der Waals surface area contributed by atoms with Crippen molar-refractivity contribution in [3.8, 4) is 0 Å². The second kappa shape index (κ2) is 5.66. The molecule has 16 heavy (non-hydrogen) atoms. The Kier molecular flexibility index (Phi) is 4.50. The summed E-state index contributed by atoms with van der Waals surface area (Å²) in [5, 5.41) is 8.60. The lowest BCUT2D eigenvalue weighted by Crippen LogP contribution is -2.12. The molecule has 0 amide bonds. The quantitative estimate of drug-likeness (QED) is 0.803. The molecule has 0 bridgehead atoms. The third kappa shape index (κ3) is 3.66. The Morgan fingerprint density at radius 3 is 2.56 bits per heavy atom. The lowest BCUT2D eigenvalue weighted by atomic mass is 9.96. The average molecular weight is 221 g/mol. The van der Waals surface area contributed by atoms with Crippen LogP contribution in [-0.2, 0) is 4.79 Å². The van der Waals surface area contributed by atoms with Gasteiger partial charge in [-0.2, -0.15) is 0 Å². The van der Waals surface area contributed by atoms with E-state index in [0.717, 1.165) is 5.56 Å². The third-order valence-electron chi connectivity index (χ3n) is 2.67. The Morgan fingerprint density at radius 2 is 2.00 bits per heavy atom. The van der Waals surface area contributed by atoms with Crippen LogP contribution in [0.5, 0.6) is 0 Å². The molecular formula is C13H19NO2. The second-order valence-electron chi connectivity index (χ2n) is 4.36. The summed E-state index contributed by atoms with van der Waals surface area (Å²) in [4.78, 5) is 10.5. The summed E-state index contributed by atoms with van der Waals surface area (Å²) in [5.41, 5.74) is 8.21. The molecular weight excluding hydrogens is 202 g/mol. The number of carbonyl (C=O) groups is 1. The lowest BCUT2D eigenvalue weighted by molar-refractivity contribution is -0.137. The Labute approximate surface area is 96.3 Å². The van der Waals surface area contributed by atoms with E-state index >= 15 is 0 Å². The van der Waals surface area contributed by atoms with Crippen LogP contribution < -0.4 is 5.73 Å². The van der Waals surface area contributed by atoms with Crippen molar-refractivity contribution in [1.29, 1.82) is 0 Å². The number of nitrogens with two attached hydrogens (primary N) is 1. The molecule has 1 aromatic rings. The molecule has 3 heteroatoms. The lowest BCUT2D eigenvalue weighted by Gasteiger charge is -2.13. The fourth-order valence-electron chi connectivity index (χ4n) is 1.59. The zero-order valence-electron chi connectivity index (χ0n) is 9.81. The molecule has 1 atom stereocenters. The number of hydrogen-bond donors (Lipinski definition) is 2. The SMILES string of the molecule is CC(C)c1cccc(C(N)CCC(=O)O)c1. The predicted molar refractivity (Wildman–Crippen MR) is 64.3 cm³/mol. The van der Waals surface area contributed by atoms with E-state index < -0.39 is 5.97 Å². The first-order chi connectivity index (χ1) is 7.50. The van der Waals surface area contributed by atoms with Gasteiger partial charge in [-0.3, -0.25) is 4.79 Å². The molecule has 0 aliphatic rings. The highest BCUT2D eigenvalue weighted by atomic mass is 16.4. The van der Waals surface area contributed by atoms with E-state index in [1.165, 1.54) is 5.56 Å². The fourth-order valence-corrected chi connectivity index (χ4v) is 1.59. The standard InChI is InChI=1S/C13H19NO2/c1-9(2)10-4-3-5-11(8-10)12(14)6-7-13(15)16/h3-5,8-9,12H,6-7,14H2,1-2H3,(H,15,16). The van der Waals surface area contributed by atoms with Crippen LogP contribution >= 0.6 is 0 Å². The molecule has 0 spiro atoms. The zero-order chi connectivity index (χ0) is 12.1.